The van der Waals surface area contributed by atoms with Crippen LogP contribution in [0.15, 0.2) is 0 Å². The van der Waals surface area contributed by atoms with Crippen molar-refractivity contribution in [2.75, 3.05) is 32.7 Å². The van der Waals surface area contributed by atoms with Crippen LogP contribution in [0, 0.1) is 17.8 Å². The maximum Gasteiger partial charge on any atom is 0.222 e. The van der Waals surface area contributed by atoms with Gasteiger partial charge in [0.05, 0.1) is 6.54 Å². The summed E-state index contributed by atoms with van der Waals surface area (Å²) in [6.45, 7) is 10.7. The van der Waals surface area contributed by atoms with Crippen molar-refractivity contribution < 1.29 is 4.79 Å². The third kappa shape index (κ3) is 5.23. The number of carbonyl (C=O) groups excluding carboxylic acids is 1. The third-order valence-electron chi connectivity index (χ3n) is 3.13. The number of nitrogens with zero attached hydrogens (tertiary/aromatic N) is 2. The van der Waals surface area contributed by atoms with Crippen LogP contribution < -0.4 is 0 Å². The summed E-state index contributed by atoms with van der Waals surface area (Å²) in [6, 6.07) is 0. The molecule has 1 aliphatic rings. The Labute approximate surface area is 105 Å². The van der Waals surface area contributed by atoms with E-state index in [0.717, 1.165) is 32.6 Å². The lowest BCUT2D eigenvalue weighted by Crippen LogP contribution is -2.48. The Morgan fingerprint density at radius 1 is 1.24 bits per heavy atom. The molecule has 1 fully saturated rings. The summed E-state index contributed by atoms with van der Waals surface area (Å²) >= 11 is 0. The number of piperazine rings is 1. The molecule has 3 heteroatoms. The van der Waals surface area contributed by atoms with Crippen LogP contribution in [0.2, 0.25) is 0 Å². The summed E-state index contributed by atoms with van der Waals surface area (Å²) in [5.74, 6) is 2.94. The number of carbonyl (C=O) groups is 1. The van der Waals surface area contributed by atoms with Gasteiger partial charge in [0.2, 0.25) is 5.91 Å². The van der Waals surface area contributed by atoms with E-state index in [2.05, 4.69) is 31.6 Å². The van der Waals surface area contributed by atoms with E-state index in [4.69, 9.17) is 6.42 Å². The average Bonchev–Trinajstić information content (AvgIpc) is 2.26. The zero-order valence-electron chi connectivity index (χ0n) is 11.3. The van der Waals surface area contributed by atoms with E-state index in [0.29, 0.717) is 18.9 Å². The monoisotopic (exact) mass is 236 g/mol. The van der Waals surface area contributed by atoms with Gasteiger partial charge in [0.1, 0.15) is 0 Å². The van der Waals surface area contributed by atoms with Gasteiger partial charge in [0, 0.05) is 32.6 Å². The topological polar surface area (TPSA) is 23.6 Å². The fraction of sp³-hybridized carbons (Fsp3) is 0.786. The van der Waals surface area contributed by atoms with Gasteiger partial charge in [-0.1, -0.05) is 26.7 Å². The minimum absolute atomic E-state index is 0.237. The molecule has 0 bridgehead atoms. The zero-order valence-corrected chi connectivity index (χ0v) is 11.3. The van der Waals surface area contributed by atoms with Crippen molar-refractivity contribution in [3.05, 3.63) is 0 Å². The molecule has 96 valence electrons. The molecule has 0 aliphatic carbocycles. The first-order valence-electron chi connectivity index (χ1n) is 6.36. The van der Waals surface area contributed by atoms with Crippen molar-refractivity contribution in [3.63, 3.8) is 0 Å². The van der Waals surface area contributed by atoms with E-state index in [1.165, 1.54) is 0 Å². The van der Waals surface area contributed by atoms with Crippen molar-refractivity contribution in [2.45, 2.75) is 33.6 Å². The van der Waals surface area contributed by atoms with E-state index in [1.54, 1.807) is 0 Å². The Morgan fingerprint density at radius 2 is 1.82 bits per heavy atom. The van der Waals surface area contributed by atoms with Gasteiger partial charge < -0.3 is 4.90 Å². The molecule has 3 nitrogen and oxygen atoms in total. The number of hydrogen-bond donors (Lipinski definition) is 0. The molecule has 0 aromatic rings. The number of rotatable bonds is 3. The highest BCUT2D eigenvalue weighted by molar-refractivity contribution is 5.76. The molecule has 0 N–H and O–H groups in total. The van der Waals surface area contributed by atoms with Crippen LogP contribution in [0.4, 0.5) is 0 Å². The van der Waals surface area contributed by atoms with Gasteiger partial charge >= 0.3 is 0 Å². The predicted octanol–water partition coefficient (Wildman–Crippen LogP) is 1.59. The number of hydrogen-bond acceptors (Lipinski definition) is 2. The molecule has 1 saturated heterocycles. The second-order valence-corrected chi connectivity index (χ2v) is 5.92. The maximum atomic E-state index is 12.0. The Bertz CT molecular complexity index is 290. The fourth-order valence-corrected chi connectivity index (χ4v) is 1.92. The first-order valence-corrected chi connectivity index (χ1v) is 6.36. The smallest absolute Gasteiger partial charge is 0.222 e. The summed E-state index contributed by atoms with van der Waals surface area (Å²) in [6.07, 6.45) is 6.90. The van der Waals surface area contributed by atoms with Crippen LogP contribution in [0.3, 0.4) is 0 Å². The van der Waals surface area contributed by atoms with Gasteiger partial charge in [-0.05, 0) is 11.8 Å². The van der Waals surface area contributed by atoms with E-state index in [9.17, 15) is 4.79 Å². The van der Waals surface area contributed by atoms with Gasteiger partial charge in [-0.25, -0.2) is 0 Å². The molecule has 1 rings (SSSR count). The molecule has 0 radical (unpaired) electrons. The Hall–Kier alpha value is -1.01. The van der Waals surface area contributed by atoms with Gasteiger partial charge in [-0.3, -0.25) is 9.69 Å². The van der Waals surface area contributed by atoms with Gasteiger partial charge in [-0.2, -0.15) is 0 Å². The average molecular weight is 236 g/mol. The van der Waals surface area contributed by atoms with Crippen molar-refractivity contribution in [1.29, 1.82) is 0 Å². The van der Waals surface area contributed by atoms with E-state index < -0.39 is 0 Å². The standard InChI is InChI=1S/C14H24N2O/c1-5-8-15-9-11-16(12-10-15)13(17)6-7-14(2,3)4/h1H,6-12H2,2-4H3. The number of amides is 1. The van der Waals surface area contributed by atoms with Crippen molar-refractivity contribution >= 4 is 5.91 Å². The van der Waals surface area contributed by atoms with E-state index in [-0.39, 0.29) is 5.41 Å². The molecule has 0 aromatic carbocycles. The molecule has 17 heavy (non-hydrogen) atoms. The van der Waals surface area contributed by atoms with Gasteiger partial charge in [0.25, 0.3) is 0 Å². The summed E-state index contributed by atoms with van der Waals surface area (Å²) in [5.41, 5.74) is 0.237. The second kappa shape index (κ2) is 6.07. The summed E-state index contributed by atoms with van der Waals surface area (Å²) in [5, 5.41) is 0. The van der Waals surface area contributed by atoms with Crippen molar-refractivity contribution in [2.24, 2.45) is 5.41 Å². The lowest BCUT2D eigenvalue weighted by molar-refractivity contribution is -0.133. The molecular weight excluding hydrogens is 212 g/mol. The second-order valence-electron chi connectivity index (χ2n) is 5.92. The molecule has 0 aromatic heterocycles. The highest BCUT2D eigenvalue weighted by Crippen LogP contribution is 2.21. The zero-order chi connectivity index (χ0) is 12.9. The predicted molar refractivity (Wildman–Crippen MR) is 70.5 cm³/mol. The first-order chi connectivity index (χ1) is 7.92. The van der Waals surface area contributed by atoms with Gasteiger partial charge in [0.15, 0.2) is 0 Å². The minimum atomic E-state index is 0.237. The lowest BCUT2D eigenvalue weighted by Gasteiger charge is -2.34. The van der Waals surface area contributed by atoms with Crippen LogP contribution in [0.5, 0.6) is 0 Å². The van der Waals surface area contributed by atoms with E-state index >= 15 is 0 Å². The molecule has 0 unspecified atom stereocenters. The Kier molecular flexibility index (Phi) is 5.02. The third-order valence-corrected chi connectivity index (χ3v) is 3.13. The quantitative estimate of drug-likeness (QED) is 0.695. The van der Waals surface area contributed by atoms with Crippen LogP contribution in [-0.4, -0.2) is 48.4 Å². The van der Waals surface area contributed by atoms with Crippen LogP contribution in [-0.2, 0) is 4.79 Å². The molecule has 1 aliphatic heterocycles. The Balaban J connectivity index is 2.29. The van der Waals surface area contributed by atoms with Gasteiger partial charge in [-0.15, -0.1) is 6.42 Å². The first kappa shape index (κ1) is 14.1. The minimum Gasteiger partial charge on any atom is -0.340 e. The van der Waals surface area contributed by atoms with Crippen LogP contribution in [0.25, 0.3) is 0 Å². The van der Waals surface area contributed by atoms with Crippen LogP contribution in [0.1, 0.15) is 33.6 Å². The lowest BCUT2D eigenvalue weighted by atomic mass is 9.90. The molecule has 0 spiro atoms. The molecule has 0 atom stereocenters. The molecule has 0 saturated carbocycles. The largest absolute Gasteiger partial charge is 0.340 e. The van der Waals surface area contributed by atoms with Crippen LogP contribution >= 0.6 is 0 Å². The van der Waals surface area contributed by atoms with E-state index in [1.807, 2.05) is 4.90 Å². The number of terminal acetylenes is 1. The molecule has 1 amide bonds. The maximum absolute atomic E-state index is 12.0. The summed E-state index contributed by atoms with van der Waals surface area (Å²) < 4.78 is 0. The highest BCUT2D eigenvalue weighted by atomic mass is 16.2. The van der Waals surface area contributed by atoms with Crippen molar-refractivity contribution in [3.8, 4) is 12.3 Å². The Morgan fingerprint density at radius 3 is 2.29 bits per heavy atom. The normalized spacial score (nSPS) is 17.9. The fourth-order valence-electron chi connectivity index (χ4n) is 1.92. The highest BCUT2D eigenvalue weighted by Gasteiger charge is 2.21. The summed E-state index contributed by atoms with van der Waals surface area (Å²) in [7, 11) is 0. The SMILES string of the molecule is C#CCN1CCN(C(=O)CCC(C)(C)C)CC1. The molecule has 1 heterocycles. The van der Waals surface area contributed by atoms with Crippen molar-refractivity contribution in [1.82, 2.24) is 9.80 Å². The molecular formula is C14H24N2O. The summed E-state index contributed by atoms with van der Waals surface area (Å²) in [4.78, 5) is 16.2.